The molecule has 70 valence electrons. The minimum atomic E-state index is -0.233. The van der Waals surface area contributed by atoms with E-state index in [0.29, 0.717) is 0 Å². The SMILES string of the molecule is CC(C)(/C=N/O)Sc1ccccn1. The Balaban J connectivity index is 2.69. The first-order valence-electron chi connectivity index (χ1n) is 3.93. The summed E-state index contributed by atoms with van der Waals surface area (Å²) in [5.41, 5.74) is 0. The summed E-state index contributed by atoms with van der Waals surface area (Å²) in [6, 6.07) is 5.73. The van der Waals surface area contributed by atoms with Crippen LogP contribution in [0.5, 0.6) is 0 Å². The number of thioether (sulfide) groups is 1. The maximum Gasteiger partial charge on any atom is 0.0968 e. The monoisotopic (exact) mass is 196 g/mol. The summed E-state index contributed by atoms with van der Waals surface area (Å²) in [4.78, 5) is 4.17. The summed E-state index contributed by atoms with van der Waals surface area (Å²) in [5.74, 6) is 0. The van der Waals surface area contributed by atoms with Crippen molar-refractivity contribution < 1.29 is 5.21 Å². The number of hydrogen-bond acceptors (Lipinski definition) is 4. The van der Waals surface area contributed by atoms with Gasteiger partial charge in [-0.1, -0.05) is 17.8 Å². The molecule has 0 bridgehead atoms. The van der Waals surface area contributed by atoms with E-state index in [2.05, 4.69) is 10.1 Å². The maximum atomic E-state index is 8.42. The molecule has 0 radical (unpaired) electrons. The molecule has 13 heavy (non-hydrogen) atoms. The molecule has 0 atom stereocenters. The van der Waals surface area contributed by atoms with Gasteiger partial charge in [0.25, 0.3) is 0 Å². The molecular weight excluding hydrogens is 184 g/mol. The molecule has 0 aliphatic carbocycles. The first kappa shape index (κ1) is 10.1. The van der Waals surface area contributed by atoms with Crippen LogP contribution in [0.2, 0.25) is 0 Å². The van der Waals surface area contributed by atoms with Crippen molar-refractivity contribution in [1.29, 1.82) is 0 Å². The van der Waals surface area contributed by atoms with Crippen LogP contribution in [0.3, 0.4) is 0 Å². The molecule has 0 saturated heterocycles. The highest BCUT2D eigenvalue weighted by atomic mass is 32.2. The molecule has 0 spiro atoms. The molecule has 1 heterocycles. The Kier molecular flexibility index (Phi) is 3.31. The van der Waals surface area contributed by atoms with Gasteiger partial charge < -0.3 is 5.21 Å². The highest BCUT2D eigenvalue weighted by molar-refractivity contribution is 8.01. The molecule has 1 aromatic heterocycles. The molecule has 0 aliphatic heterocycles. The summed E-state index contributed by atoms with van der Waals surface area (Å²) in [7, 11) is 0. The number of oxime groups is 1. The molecule has 0 fully saturated rings. The Morgan fingerprint density at radius 3 is 2.85 bits per heavy atom. The molecule has 0 aliphatic rings. The van der Waals surface area contributed by atoms with Gasteiger partial charge in [-0.05, 0) is 26.0 Å². The van der Waals surface area contributed by atoms with Crippen LogP contribution in [0.15, 0.2) is 34.6 Å². The van der Waals surface area contributed by atoms with Gasteiger partial charge in [0.2, 0.25) is 0 Å². The first-order chi connectivity index (χ1) is 6.14. The van der Waals surface area contributed by atoms with E-state index < -0.39 is 0 Å². The Labute approximate surface area is 81.9 Å². The van der Waals surface area contributed by atoms with E-state index in [1.54, 1.807) is 18.0 Å². The van der Waals surface area contributed by atoms with Crippen molar-refractivity contribution in [2.45, 2.75) is 23.6 Å². The van der Waals surface area contributed by atoms with Crippen molar-refractivity contribution in [2.24, 2.45) is 5.16 Å². The molecule has 1 aromatic rings. The van der Waals surface area contributed by atoms with Crippen molar-refractivity contribution in [1.82, 2.24) is 4.98 Å². The molecule has 0 amide bonds. The van der Waals surface area contributed by atoms with E-state index in [9.17, 15) is 0 Å². The van der Waals surface area contributed by atoms with Crippen molar-refractivity contribution >= 4 is 18.0 Å². The van der Waals surface area contributed by atoms with Crippen LogP contribution in [0.25, 0.3) is 0 Å². The van der Waals surface area contributed by atoms with Crippen LogP contribution in [-0.4, -0.2) is 21.2 Å². The molecule has 0 unspecified atom stereocenters. The highest BCUT2D eigenvalue weighted by Gasteiger charge is 2.17. The molecule has 1 rings (SSSR count). The van der Waals surface area contributed by atoms with Crippen molar-refractivity contribution in [3.05, 3.63) is 24.4 Å². The first-order valence-corrected chi connectivity index (χ1v) is 4.74. The largest absolute Gasteiger partial charge is 0.411 e. The van der Waals surface area contributed by atoms with Crippen LogP contribution in [0.1, 0.15) is 13.8 Å². The standard InChI is InChI=1S/C9H12N2OS/c1-9(2,7-11-12)13-8-5-3-4-6-10-8/h3-7,12H,1-2H3/b11-7+. The summed E-state index contributed by atoms with van der Waals surface area (Å²) < 4.78 is -0.233. The van der Waals surface area contributed by atoms with Gasteiger partial charge in [-0.15, -0.1) is 5.16 Å². The molecule has 0 aromatic carbocycles. The predicted octanol–water partition coefficient (Wildman–Crippen LogP) is 2.41. The maximum absolute atomic E-state index is 8.42. The lowest BCUT2D eigenvalue weighted by molar-refractivity contribution is 0.319. The lowest BCUT2D eigenvalue weighted by Crippen LogP contribution is -2.16. The van der Waals surface area contributed by atoms with Crippen LogP contribution in [0, 0.1) is 0 Å². The van der Waals surface area contributed by atoms with Gasteiger partial charge in [0.1, 0.15) is 0 Å². The lowest BCUT2D eigenvalue weighted by Gasteiger charge is -2.16. The smallest absolute Gasteiger partial charge is 0.0968 e. The molecule has 4 heteroatoms. The Morgan fingerprint density at radius 1 is 1.54 bits per heavy atom. The van der Waals surface area contributed by atoms with E-state index in [0.717, 1.165) is 5.03 Å². The fourth-order valence-electron chi connectivity index (χ4n) is 0.842. The molecule has 0 saturated carbocycles. The van der Waals surface area contributed by atoms with E-state index in [1.165, 1.54) is 6.21 Å². The van der Waals surface area contributed by atoms with Crippen LogP contribution < -0.4 is 0 Å². The Bertz CT molecular complexity index is 285. The number of aromatic nitrogens is 1. The number of pyridine rings is 1. The summed E-state index contributed by atoms with van der Waals surface area (Å²) in [5, 5.41) is 12.4. The van der Waals surface area contributed by atoms with E-state index in [4.69, 9.17) is 5.21 Å². The second kappa shape index (κ2) is 4.28. The normalized spacial score (nSPS) is 12.2. The third-order valence-electron chi connectivity index (χ3n) is 1.37. The zero-order chi connectivity index (χ0) is 9.73. The average Bonchev–Trinajstić information content (AvgIpc) is 2.04. The molecule has 1 N–H and O–H groups in total. The Hall–Kier alpha value is -1.03. The summed E-state index contributed by atoms with van der Waals surface area (Å²) in [6.45, 7) is 3.93. The van der Waals surface area contributed by atoms with Gasteiger partial charge in [-0.25, -0.2) is 4.98 Å². The lowest BCUT2D eigenvalue weighted by atomic mass is 10.2. The van der Waals surface area contributed by atoms with E-state index in [1.807, 2.05) is 32.0 Å². The van der Waals surface area contributed by atoms with Gasteiger partial charge in [0.05, 0.1) is 16.0 Å². The van der Waals surface area contributed by atoms with Crippen molar-refractivity contribution in [3.63, 3.8) is 0 Å². The Morgan fingerprint density at radius 2 is 2.31 bits per heavy atom. The van der Waals surface area contributed by atoms with Crippen molar-refractivity contribution in [3.8, 4) is 0 Å². The fraction of sp³-hybridized carbons (Fsp3) is 0.333. The average molecular weight is 196 g/mol. The van der Waals surface area contributed by atoms with Crippen molar-refractivity contribution in [2.75, 3.05) is 0 Å². The second-order valence-electron chi connectivity index (χ2n) is 3.12. The van der Waals surface area contributed by atoms with E-state index in [-0.39, 0.29) is 4.75 Å². The number of hydrogen-bond donors (Lipinski definition) is 1. The highest BCUT2D eigenvalue weighted by Crippen LogP contribution is 2.28. The second-order valence-corrected chi connectivity index (χ2v) is 4.79. The van der Waals surface area contributed by atoms with Gasteiger partial charge in [-0.2, -0.15) is 0 Å². The fourth-order valence-corrected chi connectivity index (χ4v) is 1.74. The topological polar surface area (TPSA) is 45.5 Å². The van der Waals surface area contributed by atoms with Gasteiger partial charge in [0.15, 0.2) is 0 Å². The molecule has 3 nitrogen and oxygen atoms in total. The zero-order valence-electron chi connectivity index (χ0n) is 7.64. The predicted molar refractivity (Wildman–Crippen MR) is 54.5 cm³/mol. The third-order valence-corrected chi connectivity index (χ3v) is 2.46. The van der Waals surface area contributed by atoms with Crippen LogP contribution in [0.4, 0.5) is 0 Å². The minimum Gasteiger partial charge on any atom is -0.411 e. The van der Waals surface area contributed by atoms with E-state index >= 15 is 0 Å². The summed E-state index contributed by atoms with van der Waals surface area (Å²) in [6.07, 6.45) is 3.24. The quantitative estimate of drug-likeness (QED) is 0.349. The number of nitrogens with zero attached hydrogens (tertiary/aromatic N) is 2. The van der Waals surface area contributed by atoms with Gasteiger partial charge in [-0.3, -0.25) is 0 Å². The summed E-state index contributed by atoms with van der Waals surface area (Å²) >= 11 is 1.55. The van der Waals surface area contributed by atoms with Crippen LogP contribution >= 0.6 is 11.8 Å². The van der Waals surface area contributed by atoms with Gasteiger partial charge >= 0.3 is 0 Å². The zero-order valence-corrected chi connectivity index (χ0v) is 8.45. The minimum absolute atomic E-state index is 0.233. The van der Waals surface area contributed by atoms with Gasteiger partial charge in [0, 0.05) is 6.20 Å². The van der Waals surface area contributed by atoms with Crippen LogP contribution in [-0.2, 0) is 0 Å². The molecular formula is C9H12N2OS. The number of rotatable bonds is 3. The third kappa shape index (κ3) is 3.46.